The third kappa shape index (κ3) is 4.59. The number of benzene rings is 2. The van der Waals surface area contributed by atoms with E-state index in [0.717, 1.165) is 0 Å². The number of rotatable bonds is 4. The smallest absolute Gasteiger partial charge is 0.129 e. The first-order valence-corrected chi connectivity index (χ1v) is 6.45. The highest BCUT2D eigenvalue weighted by Crippen LogP contribution is 2.18. The molecule has 1 N–H and O–H groups in total. The van der Waals surface area contributed by atoms with Crippen LogP contribution in [-0.2, 0) is 6.61 Å². The molecule has 2 aromatic carbocycles. The highest BCUT2D eigenvalue weighted by Gasteiger charge is 2.04. The van der Waals surface area contributed by atoms with Crippen molar-refractivity contribution in [1.29, 1.82) is 0 Å². The summed E-state index contributed by atoms with van der Waals surface area (Å²) >= 11 is 0. The lowest BCUT2D eigenvalue weighted by Gasteiger charge is -2.07. The lowest BCUT2D eigenvalue weighted by molar-refractivity contribution is 0.298. The van der Waals surface area contributed by atoms with Gasteiger partial charge in [0.2, 0.25) is 0 Å². The third-order valence-corrected chi connectivity index (χ3v) is 2.69. The van der Waals surface area contributed by atoms with Crippen molar-refractivity contribution in [3.63, 3.8) is 0 Å². The predicted octanol–water partition coefficient (Wildman–Crippen LogP) is 3.28. The molecule has 21 heavy (non-hydrogen) atoms. The van der Waals surface area contributed by atoms with Crippen LogP contribution in [0.1, 0.15) is 17.5 Å². The van der Waals surface area contributed by atoms with Crippen molar-refractivity contribution in [2.45, 2.75) is 13.0 Å². The van der Waals surface area contributed by atoms with Gasteiger partial charge in [-0.05, 0) is 18.2 Å². The molecule has 0 spiro atoms. The van der Waals surface area contributed by atoms with Crippen LogP contribution in [0.15, 0.2) is 42.5 Å². The minimum Gasteiger partial charge on any atom is -0.489 e. The van der Waals surface area contributed by atoms with Crippen LogP contribution in [0.25, 0.3) is 0 Å². The minimum atomic E-state index is -0.477. The standard InChI is InChI=1S/C17H14F2O2/c18-15-9-13(5-3-4-8-20)10-16(11-15)21-12-14-6-1-2-7-17(14)19/h1-2,6-7,9-11,20H,4,8,12H2. The van der Waals surface area contributed by atoms with Crippen LogP contribution in [0.5, 0.6) is 5.75 Å². The molecule has 0 aliphatic carbocycles. The van der Waals surface area contributed by atoms with E-state index in [-0.39, 0.29) is 24.8 Å². The first-order chi connectivity index (χ1) is 10.2. The third-order valence-electron chi connectivity index (χ3n) is 2.69. The van der Waals surface area contributed by atoms with Gasteiger partial charge in [-0.15, -0.1) is 0 Å². The largest absolute Gasteiger partial charge is 0.489 e. The lowest BCUT2D eigenvalue weighted by atomic mass is 10.2. The van der Waals surface area contributed by atoms with E-state index >= 15 is 0 Å². The van der Waals surface area contributed by atoms with Gasteiger partial charge in [0.1, 0.15) is 24.0 Å². The molecule has 0 aromatic heterocycles. The number of hydrogen-bond acceptors (Lipinski definition) is 2. The molecule has 0 fully saturated rings. The maximum absolute atomic E-state index is 13.5. The molecule has 0 unspecified atom stereocenters. The van der Waals surface area contributed by atoms with Crippen molar-refractivity contribution in [2.75, 3.05) is 6.61 Å². The van der Waals surface area contributed by atoms with Crippen LogP contribution < -0.4 is 4.74 Å². The summed E-state index contributed by atoms with van der Waals surface area (Å²) in [4.78, 5) is 0. The van der Waals surface area contributed by atoms with Crippen molar-refractivity contribution < 1.29 is 18.6 Å². The molecule has 4 heteroatoms. The van der Waals surface area contributed by atoms with Gasteiger partial charge >= 0.3 is 0 Å². The number of hydrogen-bond donors (Lipinski definition) is 1. The molecule has 0 saturated heterocycles. The number of ether oxygens (including phenoxy) is 1. The van der Waals surface area contributed by atoms with E-state index in [4.69, 9.17) is 9.84 Å². The minimum absolute atomic E-state index is 0.0135. The van der Waals surface area contributed by atoms with Crippen LogP contribution in [0.3, 0.4) is 0 Å². The summed E-state index contributed by atoms with van der Waals surface area (Å²) in [5, 5.41) is 8.65. The Balaban J connectivity index is 2.10. The first-order valence-electron chi connectivity index (χ1n) is 6.45. The Morgan fingerprint density at radius 1 is 1.10 bits per heavy atom. The second-order valence-electron chi connectivity index (χ2n) is 4.33. The molecule has 2 nitrogen and oxygen atoms in total. The van der Waals surface area contributed by atoms with Gasteiger partial charge < -0.3 is 9.84 Å². The Hall–Kier alpha value is -2.38. The molecule has 0 aliphatic rings. The fraction of sp³-hybridized carbons (Fsp3) is 0.176. The lowest BCUT2D eigenvalue weighted by Crippen LogP contribution is -1.99. The van der Waals surface area contributed by atoms with Gasteiger partial charge in [0.05, 0.1) is 6.61 Å². The molecule has 0 bridgehead atoms. The van der Waals surface area contributed by atoms with Crippen molar-refractivity contribution in [3.05, 3.63) is 65.2 Å². The first kappa shape index (κ1) is 15.0. The molecule has 0 heterocycles. The Kier molecular flexibility index (Phi) is 5.30. The molecule has 0 atom stereocenters. The van der Waals surface area contributed by atoms with Crippen molar-refractivity contribution >= 4 is 0 Å². The molecule has 0 saturated carbocycles. The topological polar surface area (TPSA) is 29.5 Å². The SMILES string of the molecule is OCCC#Cc1cc(F)cc(OCc2ccccc2F)c1. The normalized spacial score (nSPS) is 9.86. The monoisotopic (exact) mass is 288 g/mol. The van der Waals surface area contributed by atoms with E-state index < -0.39 is 5.82 Å². The van der Waals surface area contributed by atoms with Gasteiger partial charge in [0.15, 0.2) is 0 Å². The average Bonchev–Trinajstić information content (AvgIpc) is 2.46. The zero-order valence-electron chi connectivity index (χ0n) is 11.3. The number of halogens is 2. The summed E-state index contributed by atoms with van der Waals surface area (Å²) in [6, 6.07) is 10.3. The Labute approximate surface area is 122 Å². The zero-order chi connectivity index (χ0) is 15.1. The van der Waals surface area contributed by atoms with E-state index in [1.165, 1.54) is 18.2 Å². The highest BCUT2D eigenvalue weighted by molar-refractivity contribution is 5.40. The summed E-state index contributed by atoms with van der Waals surface area (Å²) in [5.74, 6) is 4.88. The van der Waals surface area contributed by atoms with Gasteiger partial charge in [-0.2, -0.15) is 0 Å². The van der Waals surface area contributed by atoms with E-state index in [1.807, 2.05) is 0 Å². The van der Waals surface area contributed by atoms with Crippen LogP contribution >= 0.6 is 0 Å². The number of aliphatic hydroxyl groups excluding tert-OH is 1. The molecule has 0 aliphatic heterocycles. The van der Waals surface area contributed by atoms with Gasteiger partial charge in [0, 0.05) is 23.6 Å². The van der Waals surface area contributed by atoms with Gasteiger partial charge in [0.25, 0.3) is 0 Å². The quantitative estimate of drug-likeness (QED) is 0.875. The second kappa shape index (κ2) is 7.41. The summed E-state index contributed by atoms with van der Waals surface area (Å²) < 4.78 is 32.3. The maximum atomic E-state index is 13.5. The van der Waals surface area contributed by atoms with Crippen molar-refractivity contribution in [1.82, 2.24) is 0 Å². The van der Waals surface area contributed by atoms with Crippen LogP contribution in [0.2, 0.25) is 0 Å². The highest BCUT2D eigenvalue weighted by atomic mass is 19.1. The molecule has 2 rings (SSSR count). The van der Waals surface area contributed by atoms with Crippen LogP contribution in [0, 0.1) is 23.5 Å². The Bertz CT molecular complexity index is 672. The summed E-state index contributed by atoms with van der Waals surface area (Å²) in [6.45, 7) is -0.0292. The molecule has 2 aromatic rings. The second-order valence-corrected chi connectivity index (χ2v) is 4.33. The predicted molar refractivity (Wildman–Crippen MR) is 75.7 cm³/mol. The fourth-order valence-corrected chi connectivity index (χ4v) is 1.72. The summed E-state index contributed by atoms with van der Waals surface area (Å²) in [7, 11) is 0. The summed E-state index contributed by atoms with van der Waals surface area (Å²) in [5.41, 5.74) is 0.849. The molecule has 0 radical (unpaired) electrons. The molecule has 108 valence electrons. The van der Waals surface area contributed by atoms with E-state index in [0.29, 0.717) is 17.5 Å². The summed E-state index contributed by atoms with van der Waals surface area (Å²) in [6.07, 6.45) is 0.321. The number of aliphatic hydroxyl groups is 1. The molecular formula is C17H14F2O2. The molecular weight excluding hydrogens is 274 g/mol. The van der Waals surface area contributed by atoms with Crippen molar-refractivity contribution in [3.8, 4) is 17.6 Å². The zero-order valence-corrected chi connectivity index (χ0v) is 11.3. The van der Waals surface area contributed by atoms with E-state index in [1.54, 1.807) is 24.3 Å². The van der Waals surface area contributed by atoms with Crippen LogP contribution in [-0.4, -0.2) is 11.7 Å². The van der Waals surface area contributed by atoms with E-state index in [2.05, 4.69) is 11.8 Å². The molecule has 0 amide bonds. The Morgan fingerprint density at radius 2 is 1.90 bits per heavy atom. The van der Waals surface area contributed by atoms with Gasteiger partial charge in [-0.25, -0.2) is 8.78 Å². The van der Waals surface area contributed by atoms with Gasteiger partial charge in [-0.1, -0.05) is 30.0 Å². The average molecular weight is 288 g/mol. The van der Waals surface area contributed by atoms with Crippen LogP contribution in [0.4, 0.5) is 8.78 Å². The van der Waals surface area contributed by atoms with Gasteiger partial charge in [-0.3, -0.25) is 0 Å². The maximum Gasteiger partial charge on any atom is 0.129 e. The Morgan fingerprint density at radius 3 is 2.67 bits per heavy atom. The van der Waals surface area contributed by atoms with E-state index in [9.17, 15) is 8.78 Å². The fourth-order valence-electron chi connectivity index (χ4n) is 1.72. The van der Waals surface area contributed by atoms with Crippen molar-refractivity contribution in [2.24, 2.45) is 0 Å².